The molecule has 0 radical (unpaired) electrons. The third-order valence-corrected chi connectivity index (χ3v) is 4.83. The van der Waals surface area contributed by atoms with Gasteiger partial charge in [0.2, 0.25) is 0 Å². The Labute approximate surface area is 179 Å². The van der Waals surface area contributed by atoms with Crippen LogP contribution in [-0.4, -0.2) is 47.8 Å². The van der Waals surface area contributed by atoms with E-state index in [0.717, 1.165) is 31.8 Å². The summed E-state index contributed by atoms with van der Waals surface area (Å²) in [5.41, 5.74) is 3.68. The second kappa shape index (κ2) is 12.1. The molecule has 2 aromatic carbocycles. The van der Waals surface area contributed by atoms with Gasteiger partial charge in [0.05, 0.1) is 0 Å². The molecule has 0 spiro atoms. The summed E-state index contributed by atoms with van der Waals surface area (Å²) >= 11 is 0. The van der Waals surface area contributed by atoms with Gasteiger partial charge in [0, 0.05) is 32.0 Å². The van der Waals surface area contributed by atoms with Crippen LogP contribution in [0.2, 0.25) is 0 Å². The maximum atomic E-state index is 10.3. The van der Waals surface area contributed by atoms with Crippen LogP contribution in [-0.2, 0) is 19.5 Å². The molecule has 0 unspecified atom stereocenters. The van der Waals surface area contributed by atoms with Gasteiger partial charge in [0.25, 0.3) is 0 Å². The predicted molar refractivity (Wildman–Crippen MR) is 120 cm³/mol. The van der Waals surface area contributed by atoms with E-state index < -0.39 is 6.10 Å². The number of nitrogens with one attached hydrogen (secondary N) is 1. The van der Waals surface area contributed by atoms with E-state index in [4.69, 9.17) is 4.74 Å². The number of likely N-dealkylation sites (N-methyl/N-ethyl adjacent to an activating group) is 1. The molecule has 1 aromatic heterocycles. The maximum absolute atomic E-state index is 10.3. The van der Waals surface area contributed by atoms with Gasteiger partial charge in [0.15, 0.2) is 0 Å². The van der Waals surface area contributed by atoms with Gasteiger partial charge in [0.1, 0.15) is 18.5 Å². The first-order chi connectivity index (χ1) is 14.7. The Morgan fingerprint density at radius 2 is 1.73 bits per heavy atom. The lowest BCUT2D eigenvalue weighted by Gasteiger charge is -2.21. The Morgan fingerprint density at radius 1 is 0.967 bits per heavy atom. The predicted octanol–water partition coefficient (Wildman–Crippen LogP) is 3.29. The number of aliphatic hydroxyl groups excluding tert-OH is 1. The Bertz CT molecular complexity index is 841. The number of benzene rings is 2. The molecule has 158 valence electrons. The van der Waals surface area contributed by atoms with E-state index in [0.29, 0.717) is 6.54 Å². The fourth-order valence-corrected chi connectivity index (χ4v) is 3.28. The normalized spacial score (nSPS) is 12.1. The van der Waals surface area contributed by atoms with E-state index >= 15 is 0 Å². The lowest BCUT2D eigenvalue weighted by atomic mass is 10.2. The van der Waals surface area contributed by atoms with Crippen molar-refractivity contribution in [3.63, 3.8) is 0 Å². The van der Waals surface area contributed by atoms with E-state index in [-0.39, 0.29) is 6.61 Å². The van der Waals surface area contributed by atoms with Gasteiger partial charge in [-0.15, -0.1) is 0 Å². The Hall–Kier alpha value is -2.73. The Kier molecular flexibility index (Phi) is 8.84. The second-order valence-corrected chi connectivity index (χ2v) is 7.58. The third kappa shape index (κ3) is 7.95. The summed E-state index contributed by atoms with van der Waals surface area (Å²) in [6.07, 6.45) is 4.13. The largest absolute Gasteiger partial charge is 0.491 e. The zero-order valence-corrected chi connectivity index (χ0v) is 17.6. The van der Waals surface area contributed by atoms with Crippen molar-refractivity contribution in [3.05, 3.63) is 95.8 Å². The zero-order chi connectivity index (χ0) is 21.0. The second-order valence-electron chi connectivity index (χ2n) is 7.58. The van der Waals surface area contributed by atoms with Gasteiger partial charge >= 0.3 is 0 Å². The highest BCUT2D eigenvalue weighted by Gasteiger charge is 2.10. The van der Waals surface area contributed by atoms with Crippen LogP contribution < -0.4 is 10.1 Å². The number of rotatable bonds is 12. The summed E-state index contributed by atoms with van der Waals surface area (Å²) in [5, 5.41) is 13.7. The van der Waals surface area contributed by atoms with Gasteiger partial charge in [-0.25, -0.2) is 0 Å². The summed E-state index contributed by atoms with van der Waals surface area (Å²) < 4.78 is 5.75. The first-order valence-electron chi connectivity index (χ1n) is 10.4. The van der Waals surface area contributed by atoms with Crippen molar-refractivity contribution in [2.45, 2.75) is 25.6 Å². The molecule has 0 aliphatic heterocycles. The fraction of sp³-hybridized carbons (Fsp3) is 0.320. The van der Waals surface area contributed by atoms with Crippen LogP contribution in [0.15, 0.2) is 79.1 Å². The molecule has 0 bridgehead atoms. The number of hydrogen-bond donors (Lipinski definition) is 2. The highest BCUT2D eigenvalue weighted by atomic mass is 16.5. The molecule has 3 aromatic rings. The molecular formula is C25H31N3O2. The monoisotopic (exact) mass is 405 g/mol. The quantitative estimate of drug-likeness (QED) is 0.453. The van der Waals surface area contributed by atoms with Crippen LogP contribution in [0.5, 0.6) is 5.75 Å². The summed E-state index contributed by atoms with van der Waals surface area (Å²) in [6, 6.07) is 22.3. The summed E-state index contributed by atoms with van der Waals surface area (Å²) in [6.45, 7) is 3.37. The number of pyridine rings is 1. The van der Waals surface area contributed by atoms with Crippen LogP contribution in [0, 0.1) is 0 Å². The minimum Gasteiger partial charge on any atom is -0.491 e. The van der Waals surface area contributed by atoms with Crippen LogP contribution in [0.4, 0.5) is 0 Å². The molecule has 0 aliphatic rings. The number of ether oxygens (including phenoxy) is 1. The van der Waals surface area contributed by atoms with Crippen LogP contribution in [0.3, 0.4) is 0 Å². The Morgan fingerprint density at radius 3 is 2.47 bits per heavy atom. The SMILES string of the molecule is CN(Cc1ccccc1)C[C@H](O)COc1ccc(CNCCc2cccnc2)cc1. The van der Waals surface area contributed by atoms with Crippen molar-refractivity contribution in [1.82, 2.24) is 15.2 Å². The maximum Gasteiger partial charge on any atom is 0.119 e. The molecular weight excluding hydrogens is 374 g/mol. The first kappa shape index (κ1) is 22.0. The van der Waals surface area contributed by atoms with Crippen molar-refractivity contribution in [1.29, 1.82) is 0 Å². The average molecular weight is 406 g/mol. The molecule has 0 amide bonds. The van der Waals surface area contributed by atoms with Gasteiger partial charge in [-0.3, -0.25) is 9.88 Å². The van der Waals surface area contributed by atoms with Crippen molar-refractivity contribution < 1.29 is 9.84 Å². The van der Waals surface area contributed by atoms with Crippen molar-refractivity contribution in [2.24, 2.45) is 0 Å². The fourth-order valence-electron chi connectivity index (χ4n) is 3.28. The molecule has 30 heavy (non-hydrogen) atoms. The molecule has 0 saturated heterocycles. The highest BCUT2D eigenvalue weighted by molar-refractivity contribution is 5.27. The van der Waals surface area contributed by atoms with Gasteiger partial charge < -0.3 is 15.2 Å². The summed E-state index contributed by atoms with van der Waals surface area (Å²) in [5.74, 6) is 0.777. The van der Waals surface area contributed by atoms with Crippen molar-refractivity contribution >= 4 is 0 Å². The average Bonchev–Trinajstić information content (AvgIpc) is 2.77. The van der Waals surface area contributed by atoms with E-state index in [2.05, 4.69) is 45.5 Å². The molecule has 5 heteroatoms. The van der Waals surface area contributed by atoms with Crippen molar-refractivity contribution in [2.75, 3.05) is 26.7 Å². The molecule has 2 N–H and O–H groups in total. The molecule has 0 fully saturated rings. The first-order valence-corrected chi connectivity index (χ1v) is 10.4. The molecule has 3 rings (SSSR count). The van der Waals surface area contributed by atoms with Gasteiger partial charge in [-0.05, 0) is 54.9 Å². The molecule has 1 heterocycles. The molecule has 5 nitrogen and oxygen atoms in total. The smallest absolute Gasteiger partial charge is 0.119 e. The lowest BCUT2D eigenvalue weighted by molar-refractivity contribution is 0.0744. The minimum atomic E-state index is -0.535. The van der Waals surface area contributed by atoms with E-state index in [9.17, 15) is 5.11 Å². The zero-order valence-electron chi connectivity index (χ0n) is 17.6. The van der Waals surface area contributed by atoms with Crippen LogP contribution in [0.25, 0.3) is 0 Å². The Balaban J connectivity index is 1.32. The standard InChI is InChI=1S/C25H31N3O2/c1-28(18-23-6-3-2-4-7-23)19-24(29)20-30-25-11-9-22(10-12-25)17-27-15-13-21-8-5-14-26-16-21/h2-12,14,16,24,27,29H,13,15,17-20H2,1H3/t24-/m0/s1. The lowest BCUT2D eigenvalue weighted by Crippen LogP contribution is -2.32. The van der Waals surface area contributed by atoms with Gasteiger partial charge in [-0.2, -0.15) is 0 Å². The van der Waals surface area contributed by atoms with Crippen LogP contribution >= 0.6 is 0 Å². The number of nitrogens with zero attached hydrogens (tertiary/aromatic N) is 2. The number of aromatic nitrogens is 1. The topological polar surface area (TPSA) is 57.6 Å². The molecule has 1 atom stereocenters. The minimum absolute atomic E-state index is 0.280. The third-order valence-electron chi connectivity index (χ3n) is 4.83. The molecule has 0 saturated carbocycles. The van der Waals surface area contributed by atoms with Crippen molar-refractivity contribution in [3.8, 4) is 5.75 Å². The number of aliphatic hydroxyl groups is 1. The summed E-state index contributed by atoms with van der Waals surface area (Å²) in [4.78, 5) is 6.23. The number of hydrogen-bond acceptors (Lipinski definition) is 5. The summed E-state index contributed by atoms with van der Waals surface area (Å²) in [7, 11) is 2.01. The van der Waals surface area contributed by atoms with E-state index in [1.165, 1.54) is 16.7 Å². The highest BCUT2D eigenvalue weighted by Crippen LogP contribution is 2.13. The molecule has 0 aliphatic carbocycles. The van der Waals surface area contributed by atoms with E-state index in [1.807, 2.05) is 49.6 Å². The van der Waals surface area contributed by atoms with Crippen LogP contribution in [0.1, 0.15) is 16.7 Å². The van der Waals surface area contributed by atoms with Gasteiger partial charge in [-0.1, -0.05) is 48.5 Å². The van der Waals surface area contributed by atoms with E-state index in [1.54, 1.807) is 6.20 Å².